The van der Waals surface area contributed by atoms with E-state index in [1.807, 2.05) is 19.9 Å². The molecule has 0 bridgehead atoms. The van der Waals surface area contributed by atoms with Crippen LogP contribution in [0.4, 0.5) is 4.39 Å². The summed E-state index contributed by atoms with van der Waals surface area (Å²) in [7, 11) is 0. The summed E-state index contributed by atoms with van der Waals surface area (Å²) >= 11 is 9.31. The van der Waals surface area contributed by atoms with E-state index in [9.17, 15) is 4.39 Å². The van der Waals surface area contributed by atoms with Gasteiger partial charge in [-0.2, -0.15) is 0 Å². The molecule has 0 aliphatic rings. The summed E-state index contributed by atoms with van der Waals surface area (Å²) in [5.41, 5.74) is 0.690. The van der Waals surface area contributed by atoms with Crippen molar-refractivity contribution in [1.29, 1.82) is 0 Å². The lowest BCUT2D eigenvalue weighted by Crippen LogP contribution is -2.09. The topological polar surface area (TPSA) is 0 Å². The highest BCUT2D eigenvalue weighted by atomic mass is 79.9. The molecule has 0 spiro atoms. The monoisotopic (exact) mass is 278 g/mol. The predicted molar refractivity (Wildman–Crippen MR) is 62.4 cm³/mol. The van der Waals surface area contributed by atoms with Crippen LogP contribution in [0.5, 0.6) is 0 Å². The van der Waals surface area contributed by atoms with Crippen LogP contribution in [0, 0.1) is 5.82 Å². The average molecular weight is 280 g/mol. The molecule has 0 saturated carbocycles. The zero-order valence-electron chi connectivity index (χ0n) is 8.23. The van der Waals surface area contributed by atoms with Gasteiger partial charge < -0.3 is 0 Å². The summed E-state index contributed by atoms with van der Waals surface area (Å²) < 4.78 is 14.3. The lowest BCUT2D eigenvalue weighted by Gasteiger charge is -2.17. The maximum absolute atomic E-state index is 13.5. The van der Waals surface area contributed by atoms with E-state index in [0.29, 0.717) is 5.56 Å². The van der Waals surface area contributed by atoms with Gasteiger partial charge in [0.25, 0.3) is 0 Å². The minimum Gasteiger partial charge on any atom is -0.207 e. The Kier molecular flexibility index (Phi) is 4.39. The predicted octanol–water partition coefficient (Wildman–Crippen LogP) is 4.71. The largest absolute Gasteiger partial charge is 0.207 e. The average Bonchev–Trinajstić information content (AvgIpc) is 2.15. The zero-order valence-corrected chi connectivity index (χ0v) is 10.6. The Balaban J connectivity index is 2.95. The number of halogens is 3. The Morgan fingerprint density at radius 1 is 1.50 bits per heavy atom. The van der Waals surface area contributed by atoms with Gasteiger partial charge in [0, 0.05) is 15.8 Å². The molecule has 0 aromatic heterocycles. The van der Waals surface area contributed by atoms with Crippen molar-refractivity contribution in [3.8, 4) is 0 Å². The Labute approximate surface area is 97.6 Å². The van der Waals surface area contributed by atoms with E-state index in [4.69, 9.17) is 11.6 Å². The van der Waals surface area contributed by atoms with Gasteiger partial charge in [-0.3, -0.25) is 0 Å². The molecule has 78 valence electrons. The molecule has 0 amide bonds. The number of hydrogen-bond donors (Lipinski definition) is 0. The summed E-state index contributed by atoms with van der Waals surface area (Å²) in [6.45, 7) is 3.96. The van der Waals surface area contributed by atoms with Crippen LogP contribution in [0.2, 0.25) is 0 Å². The summed E-state index contributed by atoms with van der Waals surface area (Å²) in [5, 5.41) is -0.00863. The second-order valence-corrected chi connectivity index (χ2v) is 4.86. The molecule has 0 nitrogen and oxygen atoms in total. The second-order valence-electron chi connectivity index (χ2n) is 3.38. The van der Waals surface area contributed by atoms with Crippen LogP contribution in [0.1, 0.15) is 31.7 Å². The molecule has 0 N–H and O–H groups in total. The van der Waals surface area contributed by atoms with E-state index < -0.39 is 0 Å². The molecular formula is C11H13BrClF. The quantitative estimate of drug-likeness (QED) is 0.703. The smallest absolute Gasteiger partial charge is 0.127 e. The van der Waals surface area contributed by atoms with Gasteiger partial charge in [-0.05, 0) is 24.1 Å². The molecule has 0 heterocycles. The Bertz CT molecular complexity index is 314. The Morgan fingerprint density at radius 2 is 2.14 bits per heavy atom. The first kappa shape index (κ1) is 12.0. The Hall–Kier alpha value is -0.0800. The molecular weight excluding hydrogens is 266 g/mol. The van der Waals surface area contributed by atoms with Crippen molar-refractivity contribution < 1.29 is 4.39 Å². The van der Waals surface area contributed by atoms with E-state index in [1.54, 1.807) is 6.07 Å². The number of alkyl halides is 1. The van der Waals surface area contributed by atoms with Gasteiger partial charge in [0.15, 0.2) is 0 Å². The third-order valence-corrected chi connectivity index (χ3v) is 3.57. The molecule has 2 atom stereocenters. The standard InChI is InChI=1S/C11H13BrClF/c1-3-10(13)7(2)9-5-4-8(12)6-11(9)14/h4-7,10H,3H2,1-2H3. The van der Waals surface area contributed by atoms with Crippen molar-refractivity contribution in [3.63, 3.8) is 0 Å². The molecule has 1 rings (SSSR count). The highest BCUT2D eigenvalue weighted by molar-refractivity contribution is 9.10. The van der Waals surface area contributed by atoms with E-state index in [0.717, 1.165) is 10.9 Å². The first-order valence-electron chi connectivity index (χ1n) is 4.65. The minimum absolute atomic E-state index is 0.00863. The fourth-order valence-corrected chi connectivity index (χ4v) is 1.89. The molecule has 14 heavy (non-hydrogen) atoms. The van der Waals surface area contributed by atoms with Crippen molar-refractivity contribution in [1.82, 2.24) is 0 Å². The van der Waals surface area contributed by atoms with E-state index in [2.05, 4.69) is 15.9 Å². The highest BCUT2D eigenvalue weighted by Gasteiger charge is 2.17. The SMILES string of the molecule is CCC(Cl)C(C)c1ccc(Br)cc1F. The summed E-state index contributed by atoms with van der Waals surface area (Å²) in [6, 6.07) is 5.11. The van der Waals surface area contributed by atoms with Gasteiger partial charge in [-0.15, -0.1) is 11.6 Å². The van der Waals surface area contributed by atoms with Crippen molar-refractivity contribution in [2.75, 3.05) is 0 Å². The van der Waals surface area contributed by atoms with Crippen molar-refractivity contribution in [3.05, 3.63) is 34.1 Å². The van der Waals surface area contributed by atoms with Gasteiger partial charge >= 0.3 is 0 Å². The van der Waals surface area contributed by atoms with Crippen molar-refractivity contribution in [2.24, 2.45) is 0 Å². The van der Waals surface area contributed by atoms with Gasteiger partial charge in [-0.25, -0.2) is 4.39 Å². The van der Waals surface area contributed by atoms with Crippen LogP contribution in [-0.2, 0) is 0 Å². The molecule has 0 aliphatic carbocycles. The number of benzene rings is 1. The number of hydrogen-bond acceptors (Lipinski definition) is 0. The zero-order chi connectivity index (χ0) is 10.7. The third kappa shape index (κ3) is 2.71. The third-order valence-electron chi connectivity index (χ3n) is 2.39. The first-order chi connectivity index (χ1) is 6.56. The maximum Gasteiger partial charge on any atom is 0.127 e. The lowest BCUT2D eigenvalue weighted by molar-refractivity contribution is 0.573. The normalized spacial score (nSPS) is 15.2. The first-order valence-corrected chi connectivity index (χ1v) is 5.88. The molecule has 1 aromatic carbocycles. The van der Waals surface area contributed by atoms with Crippen LogP contribution in [0.3, 0.4) is 0 Å². The fraction of sp³-hybridized carbons (Fsp3) is 0.455. The Morgan fingerprint density at radius 3 is 2.64 bits per heavy atom. The summed E-state index contributed by atoms with van der Waals surface area (Å²) in [6.07, 6.45) is 0.845. The van der Waals surface area contributed by atoms with Crippen LogP contribution in [0.15, 0.2) is 22.7 Å². The summed E-state index contributed by atoms with van der Waals surface area (Å²) in [4.78, 5) is 0. The molecule has 3 heteroatoms. The van der Waals surface area contributed by atoms with Crippen LogP contribution in [-0.4, -0.2) is 5.38 Å². The van der Waals surface area contributed by atoms with E-state index in [-0.39, 0.29) is 17.1 Å². The van der Waals surface area contributed by atoms with Gasteiger partial charge in [0.1, 0.15) is 5.82 Å². The van der Waals surface area contributed by atoms with Crippen LogP contribution >= 0.6 is 27.5 Å². The number of rotatable bonds is 3. The molecule has 0 aliphatic heterocycles. The molecule has 0 radical (unpaired) electrons. The van der Waals surface area contributed by atoms with E-state index >= 15 is 0 Å². The summed E-state index contributed by atoms with van der Waals surface area (Å²) in [5.74, 6) is -0.138. The minimum atomic E-state index is -0.189. The van der Waals surface area contributed by atoms with Gasteiger partial charge in [-0.1, -0.05) is 35.8 Å². The fourth-order valence-electron chi connectivity index (χ4n) is 1.42. The molecule has 2 unspecified atom stereocenters. The van der Waals surface area contributed by atoms with Gasteiger partial charge in [0.2, 0.25) is 0 Å². The van der Waals surface area contributed by atoms with Crippen LogP contribution < -0.4 is 0 Å². The molecule has 0 saturated heterocycles. The molecule has 1 aromatic rings. The highest BCUT2D eigenvalue weighted by Crippen LogP contribution is 2.28. The molecule has 0 fully saturated rings. The van der Waals surface area contributed by atoms with Crippen molar-refractivity contribution >= 4 is 27.5 Å². The van der Waals surface area contributed by atoms with E-state index in [1.165, 1.54) is 6.07 Å². The lowest BCUT2D eigenvalue weighted by atomic mass is 9.96. The maximum atomic E-state index is 13.5. The van der Waals surface area contributed by atoms with Crippen LogP contribution in [0.25, 0.3) is 0 Å². The second kappa shape index (κ2) is 5.13. The van der Waals surface area contributed by atoms with Crippen molar-refractivity contribution in [2.45, 2.75) is 31.6 Å². The van der Waals surface area contributed by atoms with Gasteiger partial charge in [0.05, 0.1) is 0 Å².